The Morgan fingerprint density at radius 3 is 2.40 bits per heavy atom. The van der Waals surface area contributed by atoms with Crippen LogP contribution in [0.3, 0.4) is 0 Å². The van der Waals surface area contributed by atoms with E-state index in [4.69, 9.17) is 19.4 Å². The van der Waals surface area contributed by atoms with Gasteiger partial charge in [-0.3, -0.25) is 14.8 Å². The van der Waals surface area contributed by atoms with Gasteiger partial charge < -0.3 is 14.0 Å². The van der Waals surface area contributed by atoms with Gasteiger partial charge >= 0.3 is 0 Å². The molecule has 43 heavy (non-hydrogen) atoms. The summed E-state index contributed by atoms with van der Waals surface area (Å²) < 4.78 is 24.1. The Morgan fingerprint density at radius 2 is 1.67 bits per heavy atom. The fourth-order valence-electron chi connectivity index (χ4n) is 5.45. The number of ether oxygens (including phenoxy) is 2. The molecular formula is C36H47N2O4P. The average molecular weight is 603 g/mol. The number of pyridine rings is 2. The zero-order valence-corrected chi connectivity index (χ0v) is 27.5. The lowest BCUT2D eigenvalue weighted by atomic mass is 9.98. The van der Waals surface area contributed by atoms with Crippen molar-refractivity contribution in [1.29, 1.82) is 0 Å². The lowest BCUT2D eigenvalue weighted by Gasteiger charge is -2.14. The third-order valence-corrected chi connectivity index (χ3v) is 11.8. The second kappa shape index (κ2) is 15.6. The summed E-state index contributed by atoms with van der Waals surface area (Å²) in [5, 5.41) is 2.25. The molecule has 0 aliphatic heterocycles. The molecule has 0 unspecified atom stereocenters. The maximum absolute atomic E-state index is 12.5. The van der Waals surface area contributed by atoms with E-state index in [0.717, 1.165) is 76.8 Å². The predicted octanol–water partition coefficient (Wildman–Crippen LogP) is 8.15. The lowest BCUT2D eigenvalue weighted by Crippen LogP contribution is -2.10. The summed E-state index contributed by atoms with van der Waals surface area (Å²) in [7, 11) is -2.05. The first kappa shape index (κ1) is 32.8. The highest BCUT2D eigenvalue weighted by molar-refractivity contribution is 7.63. The minimum absolute atomic E-state index is 0.293. The second-order valence-corrected chi connectivity index (χ2v) is 15.2. The summed E-state index contributed by atoms with van der Waals surface area (Å²) >= 11 is 0. The van der Waals surface area contributed by atoms with Crippen molar-refractivity contribution >= 4 is 34.7 Å². The molecule has 2 aromatic heterocycles. The highest BCUT2D eigenvalue weighted by Gasteiger charge is 2.16. The smallest absolute Gasteiger partial charge is 0.132 e. The molecule has 0 N–H and O–H groups in total. The quantitative estimate of drug-likeness (QED) is 0.0690. The molecule has 0 fully saturated rings. The monoisotopic (exact) mass is 602 g/mol. The van der Waals surface area contributed by atoms with Crippen LogP contribution in [0.2, 0.25) is 0 Å². The minimum atomic E-state index is -2.05. The number of carbonyl (C=O) groups is 1. The molecule has 0 amide bonds. The van der Waals surface area contributed by atoms with E-state index < -0.39 is 7.14 Å². The minimum Gasteiger partial charge on any atom is -0.491 e. The SMILES string of the molecule is CCC(=O)CCc1ccc2c(c1)nc(CC)c1ncc(CCc3ccc(OCCOCCP(=O)(CC)CC)cc3C)cc12. The summed E-state index contributed by atoms with van der Waals surface area (Å²) in [6, 6.07) is 15.0. The fraction of sp³-hybridized carbons (Fsp3) is 0.472. The normalized spacial score (nSPS) is 11.8. The molecule has 0 saturated carbocycles. The van der Waals surface area contributed by atoms with E-state index in [1.165, 1.54) is 16.7 Å². The van der Waals surface area contributed by atoms with E-state index in [1.54, 1.807) is 0 Å². The van der Waals surface area contributed by atoms with Gasteiger partial charge in [0.05, 0.1) is 37.1 Å². The van der Waals surface area contributed by atoms with Crippen LogP contribution in [-0.4, -0.2) is 54.1 Å². The molecule has 4 aromatic rings. The van der Waals surface area contributed by atoms with Gasteiger partial charge in [-0.05, 0) is 91.5 Å². The van der Waals surface area contributed by atoms with Gasteiger partial charge in [0.1, 0.15) is 18.1 Å². The first-order valence-electron chi connectivity index (χ1n) is 15.9. The topological polar surface area (TPSA) is 78.4 Å². The van der Waals surface area contributed by atoms with Crippen molar-refractivity contribution in [3.05, 3.63) is 76.6 Å². The summed E-state index contributed by atoms with van der Waals surface area (Å²) in [6.07, 6.45) is 8.66. The van der Waals surface area contributed by atoms with Crippen molar-refractivity contribution in [2.75, 3.05) is 38.3 Å². The molecule has 0 saturated heterocycles. The molecule has 7 heteroatoms. The van der Waals surface area contributed by atoms with Crippen LogP contribution in [0, 0.1) is 6.92 Å². The largest absolute Gasteiger partial charge is 0.491 e. The van der Waals surface area contributed by atoms with Gasteiger partial charge in [-0.2, -0.15) is 0 Å². The van der Waals surface area contributed by atoms with Gasteiger partial charge in [-0.25, -0.2) is 0 Å². The van der Waals surface area contributed by atoms with Crippen molar-refractivity contribution in [2.24, 2.45) is 0 Å². The second-order valence-electron chi connectivity index (χ2n) is 11.4. The van der Waals surface area contributed by atoms with E-state index in [0.29, 0.717) is 44.6 Å². The Hall–Kier alpha value is -3.08. The number of aromatic nitrogens is 2. The number of Topliss-reactive ketones (excluding diaryl/α,β-unsaturated/α-hetero) is 1. The van der Waals surface area contributed by atoms with Gasteiger partial charge in [-0.1, -0.05) is 45.9 Å². The summed E-state index contributed by atoms with van der Waals surface area (Å²) in [4.78, 5) is 21.7. The van der Waals surface area contributed by atoms with Crippen molar-refractivity contribution in [3.8, 4) is 5.75 Å². The van der Waals surface area contributed by atoms with Crippen LogP contribution in [0.25, 0.3) is 21.8 Å². The van der Waals surface area contributed by atoms with E-state index in [-0.39, 0.29) is 0 Å². The molecular weight excluding hydrogens is 555 g/mol. The molecule has 230 valence electrons. The Kier molecular flexibility index (Phi) is 11.9. The number of fused-ring (bicyclic) bond motifs is 3. The highest BCUT2D eigenvalue weighted by Crippen LogP contribution is 2.43. The number of ketones is 1. The number of benzene rings is 2. The predicted molar refractivity (Wildman–Crippen MR) is 178 cm³/mol. The summed E-state index contributed by atoms with van der Waals surface area (Å²) in [5.74, 6) is 1.13. The fourth-order valence-corrected chi connectivity index (χ4v) is 6.99. The van der Waals surface area contributed by atoms with Crippen molar-refractivity contribution in [1.82, 2.24) is 9.97 Å². The van der Waals surface area contributed by atoms with Crippen LogP contribution >= 0.6 is 7.14 Å². The number of aryl methyl sites for hydroxylation is 5. The number of rotatable bonds is 17. The number of carbonyl (C=O) groups excluding carboxylic acids is 1. The Labute approximate surface area is 257 Å². The van der Waals surface area contributed by atoms with Gasteiger partial charge in [-0.15, -0.1) is 0 Å². The zero-order valence-electron chi connectivity index (χ0n) is 26.6. The number of hydrogen-bond donors (Lipinski definition) is 0. The van der Waals surface area contributed by atoms with E-state index >= 15 is 0 Å². The maximum Gasteiger partial charge on any atom is 0.132 e. The van der Waals surface area contributed by atoms with Crippen LogP contribution in [0.4, 0.5) is 0 Å². The van der Waals surface area contributed by atoms with E-state index in [1.807, 2.05) is 33.0 Å². The van der Waals surface area contributed by atoms with E-state index in [9.17, 15) is 9.36 Å². The van der Waals surface area contributed by atoms with Gasteiger partial charge in [0.2, 0.25) is 0 Å². The first-order valence-corrected chi connectivity index (χ1v) is 18.1. The lowest BCUT2D eigenvalue weighted by molar-refractivity contribution is -0.118. The maximum atomic E-state index is 12.5. The first-order chi connectivity index (χ1) is 20.8. The molecule has 0 aliphatic carbocycles. The molecule has 0 spiro atoms. The molecule has 6 nitrogen and oxygen atoms in total. The van der Waals surface area contributed by atoms with Gasteiger partial charge in [0, 0.05) is 36.0 Å². The summed E-state index contributed by atoms with van der Waals surface area (Å²) in [6.45, 7) is 11.7. The molecule has 0 aliphatic rings. The van der Waals surface area contributed by atoms with Gasteiger partial charge in [0.25, 0.3) is 0 Å². The van der Waals surface area contributed by atoms with Crippen molar-refractivity contribution in [3.63, 3.8) is 0 Å². The molecule has 0 radical (unpaired) electrons. The third kappa shape index (κ3) is 8.74. The summed E-state index contributed by atoms with van der Waals surface area (Å²) in [5.41, 5.74) is 7.80. The van der Waals surface area contributed by atoms with Crippen molar-refractivity contribution in [2.45, 2.75) is 73.1 Å². The van der Waals surface area contributed by atoms with Crippen LogP contribution in [0.5, 0.6) is 5.75 Å². The van der Waals surface area contributed by atoms with Gasteiger partial charge in [0.15, 0.2) is 0 Å². The molecule has 0 bridgehead atoms. The molecule has 0 atom stereocenters. The Balaban J connectivity index is 1.38. The number of nitrogens with zero attached hydrogens (tertiary/aromatic N) is 2. The standard InChI is InChI=1S/C36H47N2O4P/c1-6-30(39)15-11-27-12-17-32-33-23-28(25-37-36(33)34(7-2)38-35(32)24-27)10-13-29-14-16-31(22-26(29)5)42-19-18-41-20-21-43(40,8-3)9-4/h12,14,16-17,22-25H,6-11,13,15,18-21H2,1-5H3. The van der Waals surface area contributed by atoms with Crippen LogP contribution < -0.4 is 4.74 Å². The molecule has 2 heterocycles. The Morgan fingerprint density at radius 1 is 0.860 bits per heavy atom. The molecule has 2 aromatic carbocycles. The van der Waals surface area contributed by atoms with E-state index in [2.05, 4.69) is 50.2 Å². The highest BCUT2D eigenvalue weighted by atomic mass is 31.2. The van der Waals surface area contributed by atoms with Crippen LogP contribution in [0.15, 0.2) is 48.7 Å². The van der Waals surface area contributed by atoms with Crippen molar-refractivity contribution < 1.29 is 18.8 Å². The van der Waals surface area contributed by atoms with Crippen LogP contribution in [-0.2, 0) is 39.8 Å². The average Bonchev–Trinajstić information content (AvgIpc) is 3.03. The number of hydrogen-bond acceptors (Lipinski definition) is 6. The van der Waals surface area contributed by atoms with Crippen LogP contribution in [0.1, 0.15) is 68.5 Å². The Bertz CT molecular complexity index is 1590. The molecule has 4 rings (SSSR count). The third-order valence-electron chi connectivity index (χ3n) is 8.54. The zero-order chi connectivity index (χ0) is 30.8.